The Hall–Kier alpha value is -2.63. The molecule has 156 valence electrons. The molecule has 2 aromatic carbocycles. The van der Waals surface area contributed by atoms with Crippen molar-refractivity contribution in [2.75, 3.05) is 13.2 Å². The summed E-state index contributed by atoms with van der Waals surface area (Å²) in [5, 5.41) is 1.06. The Bertz CT molecular complexity index is 1130. The van der Waals surface area contributed by atoms with Gasteiger partial charge in [0.1, 0.15) is 17.9 Å². The predicted octanol–water partition coefficient (Wildman–Crippen LogP) is 5.27. The third-order valence-electron chi connectivity index (χ3n) is 5.40. The van der Waals surface area contributed by atoms with Crippen LogP contribution in [-0.2, 0) is 9.53 Å². The van der Waals surface area contributed by atoms with E-state index in [0.717, 1.165) is 11.1 Å². The van der Waals surface area contributed by atoms with E-state index in [2.05, 4.69) is 0 Å². The van der Waals surface area contributed by atoms with E-state index in [-0.39, 0.29) is 23.9 Å². The molecule has 0 radical (unpaired) electrons. The Kier molecular flexibility index (Phi) is 5.67. The van der Waals surface area contributed by atoms with E-state index in [1.807, 2.05) is 44.2 Å². The number of carbonyl (C=O) groups is 1. The zero-order chi connectivity index (χ0) is 21.3. The lowest BCUT2D eigenvalue weighted by Crippen LogP contribution is -2.38. The largest absolute Gasteiger partial charge is 0.484 e. The fourth-order valence-electron chi connectivity index (χ4n) is 3.90. The van der Waals surface area contributed by atoms with Crippen LogP contribution in [0.25, 0.3) is 22.1 Å². The molecule has 1 saturated heterocycles. The van der Waals surface area contributed by atoms with E-state index in [4.69, 9.17) is 25.5 Å². The molecule has 30 heavy (non-hydrogen) atoms. The van der Waals surface area contributed by atoms with Crippen molar-refractivity contribution in [3.8, 4) is 16.9 Å². The minimum atomic E-state index is -0.463. The van der Waals surface area contributed by atoms with Crippen molar-refractivity contribution in [2.45, 2.75) is 32.3 Å². The average molecular weight is 427 g/mol. The first-order valence-electron chi connectivity index (χ1n) is 9.95. The van der Waals surface area contributed by atoms with E-state index in [0.29, 0.717) is 41.2 Å². The van der Waals surface area contributed by atoms with Gasteiger partial charge in [-0.15, -0.1) is 0 Å². The zero-order valence-corrected chi connectivity index (χ0v) is 17.7. The van der Waals surface area contributed by atoms with Crippen molar-refractivity contribution in [3.05, 3.63) is 64.0 Å². The van der Waals surface area contributed by atoms with E-state index < -0.39 is 5.63 Å². The van der Waals surface area contributed by atoms with Crippen LogP contribution < -0.4 is 10.4 Å². The highest BCUT2D eigenvalue weighted by atomic mass is 35.5. The maximum atomic E-state index is 12.6. The normalized spacial score (nSPS) is 18.3. The highest BCUT2D eigenvalue weighted by Crippen LogP contribution is 2.35. The molecular weight excluding hydrogens is 404 g/mol. The van der Waals surface area contributed by atoms with Crippen LogP contribution in [0.5, 0.6) is 5.75 Å². The van der Waals surface area contributed by atoms with Crippen molar-refractivity contribution in [2.24, 2.45) is 5.92 Å². The Morgan fingerprint density at radius 3 is 2.70 bits per heavy atom. The Labute approximate surface area is 179 Å². The smallest absolute Gasteiger partial charge is 0.336 e. The third-order valence-corrected chi connectivity index (χ3v) is 5.70. The fraction of sp³-hybridized carbons (Fsp3) is 0.333. The number of hydrogen-bond donors (Lipinski definition) is 0. The molecule has 4 rings (SSSR count). The summed E-state index contributed by atoms with van der Waals surface area (Å²) >= 11 is 6.44. The van der Waals surface area contributed by atoms with E-state index in [1.165, 1.54) is 6.07 Å². The molecule has 0 N–H and O–H groups in total. The second kappa shape index (κ2) is 8.25. The maximum absolute atomic E-state index is 12.6. The molecule has 0 spiro atoms. The van der Waals surface area contributed by atoms with E-state index >= 15 is 0 Å². The molecular formula is C24H23ClO5. The minimum absolute atomic E-state index is 0.0158. The summed E-state index contributed by atoms with van der Waals surface area (Å²) in [5.41, 5.74) is 1.21. The van der Waals surface area contributed by atoms with Crippen LogP contribution in [0.15, 0.2) is 57.7 Å². The summed E-state index contributed by atoms with van der Waals surface area (Å²) in [6.45, 7) is 4.45. The molecule has 2 heterocycles. The lowest BCUT2D eigenvalue weighted by molar-refractivity contribution is -0.135. The van der Waals surface area contributed by atoms with Crippen LogP contribution in [0, 0.1) is 5.92 Å². The number of benzene rings is 2. The maximum Gasteiger partial charge on any atom is 0.336 e. The topological polar surface area (TPSA) is 65.7 Å². The lowest BCUT2D eigenvalue weighted by Gasteiger charge is -2.34. The predicted molar refractivity (Wildman–Crippen MR) is 116 cm³/mol. The standard InChI is InChI=1S/C24H23ClO5/c1-24(2)13-16(8-9-29-24)20(26)14-28-22-12-21-18(10-19(22)25)17(11-23(27)30-21)15-6-4-3-5-7-15/h3-7,10-12,16H,8-9,13-14H2,1-2H3. The van der Waals surface area contributed by atoms with Gasteiger partial charge in [0.2, 0.25) is 0 Å². The summed E-state index contributed by atoms with van der Waals surface area (Å²) < 4.78 is 16.8. The second-order valence-electron chi connectivity index (χ2n) is 8.18. The van der Waals surface area contributed by atoms with Gasteiger partial charge in [0.05, 0.1) is 10.6 Å². The number of ether oxygens (including phenoxy) is 2. The van der Waals surface area contributed by atoms with Gasteiger partial charge < -0.3 is 13.9 Å². The number of ketones is 1. The molecule has 0 aliphatic carbocycles. The fourth-order valence-corrected chi connectivity index (χ4v) is 4.12. The SMILES string of the molecule is CC1(C)CC(C(=O)COc2cc3oc(=O)cc(-c4ccccc4)c3cc2Cl)CCO1. The summed E-state index contributed by atoms with van der Waals surface area (Å²) in [6.07, 6.45) is 1.35. The van der Waals surface area contributed by atoms with Crippen LogP contribution >= 0.6 is 11.6 Å². The van der Waals surface area contributed by atoms with Gasteiger partial charge in [0.25, 0.3) is 0 Å². The summed E-state index contributed by atoms with van der Waals surface area (Å²) in [7, 11) is 0. The van der Waals surface area contributed by atoms with Crippen molar-refractivity contribution >= 4 is 28.4 Å². The van der Waals surface area contributed by atoms with Crippen molar-refractivity contribution in [1.82, 2.24) is 0 Å². The number of hydrogen-bond acceptors (Lipinski definition) is 5. The van der Waals surface area contributed by atoms with Gasteiger partial charge in [0, 0.05) is 30.0 Å². The summed E-state index contributed by atoms with van der Waals surface area (Å²) in [5.74, 6) is 0.231. The van der Waals surface area contributed by atoms with Crippen LogP contribution in [0.2, 0.25) is 5.02 Å². The first kappa shape index (κ1) is 20.6. The number of rotatable bonds is 5. The van der Waals surface area contributed by atoms with E-state index in [9.17, 15) is 9.59 Å². The average Bonchev–Trinajstić information content (AvgIpc) is 2.71. The Morgan fingerprint density at radius 2 is 1.97 bits per heavy atom. The summed E-state index contributed by atoms with van der Waals surface area (Å²) in [4.78, 5) is 24.7. The molecule has 3 aromatic rings. The molecule has 1 aromatic heterocycles. The molecule has 1 fully saturated rings. The molecule has 5 nitrogen and oxygen atoms in total. The van der Waals surface area contributed by atoms with Crippen LogP contribution in [0.4, 0.5) is 0 Å². The molecule has 1 unspecified atom stereocenters. The van der Waals surface area contributed by atoms with E-state index in [1.54, 1.807) is 12.1 Å². The van der Waals surface area contributed by atoms with Crippen molar-refractivity contribution in [3.63, 3.8) is 0 Å². The first-order chi connectivity index (χ1) is 14.3. The van der Waals surface area contributed by atoms with Gasteiger partial charge in [-0.05, 0) is 43.9 Å². The van der Waals surface area contributed by atoms with Crippen molar-refractivity contribution in [1.29, 1.82) is 0 Å². The molecule has 0 amide bonds. The first-order valence-corrected chi connectivity index (χ1v) is 10.3. The summed E-state index contributed by atoms with van der Waals surface area (Å²) in [6, 6.07) is 14.3. The van der Waals surface area contributed by atoms with Gasteiger partial charge in [0.15, 0.2) is 5.78 Å². The second-order valence-corrected chi connectivity index (χ2v) is 8.58. The number of fused-ring (bicyclic) bond motifs is 1. The van der Waals surface area contributed by atoms with Gasteiger partial charge in [-0.2, -0.15) is 0 Å². The number of halogens is 1. The van der Waals surface area contributed by atoms with Crippen LogP contribution in [0.1, 0.15) is 26.7 Å². The molecule has 1 aliphatic rings. The number of carbonyl (C=O) groups excluding carboxylic acids is 1. The monoisotopic (exact) mass is 426 g/mol. The highest BCUT2D eigenvalue weighted by Gasteiger charge is 2.33. The Balaban J connectivity index is 1.59. The van der Waals surface area contributed by atoms with Crippen LogP contribution in [-0.4, -0.2) is 24.6 Å². The van der Waals surface area contributed by atoms with Gasteiger partial charge >= 0.3 is 5.63 Å². The minimum Gasteiger partial charge on any atom is -0.484 e. The molecule has 1 atom stereocenters. The number of Topliss-reactive ketones (excluding diaryl/α,β-unsaturated/α-hetero) is 1. The molecule has 6 heteroatoms. The van der Waals surface area contributed by atoms with Crippen LogP contribution in [0.3, 0.4) is 0 Å². The third kappa shape index (κ3) is 4.42. The molecule has 0 bridgehead atoms. The highest BCUT2D eigenvalue weighted by molar-refractivity contribution is 6.33. The Morgan fingerprint density at radius 1 is 1.20 bits per heavy atom. The van der Waals surface area contributed by atoms with Gasteiger partial charge in [-0.3, -0.25) is 4.79 Å². The zero-order valence-electron chi connectivity index (χ0n) is 16.9. The lowest BCUT2D eigenvalue weighted by atomic mass is 9.86. The van der Waals surface area contributed by atoms with Gasteiger partial charge in [-0.25, -0.2) is 4.79 Å². The quantitative estimate of drug-likeness (QED) is 0.520. The van der Waals surface area contributed by atoms with Crippen molar-refractivity contribution < 1.29 is 18.7 Å². The molecule has 0 saturated carbocycles. The molecule has 1 aliphatic heterocycles. The van der Waals surface area contributed by atoms with Gasteiger partial charge in [-0.1, -0.05) is 41.9 Å².